The Balaban J connectivity index is 2.14. The van der Waals surface area contributed by atoms with Gasteiger partial charge in [0.15, 0.2) is 0 Å². The van der Waals surface area contributed by atoms with Crippen LogP contribution in [0.3, 0.4) is 0 Å². The van der Waals surface area contributed by atoms with Gasteiger partial charge < -0.3 is 5.32 Å². The molecule has 2 aromatic rings. The van der Waals surface area contributed by atoms with E-state index in [1.807, 2.05) is 13.8 Å². The van der Waals surface area contributed by atoms with Gasteiger partial charge in [0, 0.05) is 18.0 Å². The highest BCUT2D eigenvalue weighted by molar-refractivity contribution is 7.10. The fourth-order valence-corrected chi connectivity index (χ4v) is 3.21. The standard InChI is InChI=1S/C15H20ClN3OS/c1-4-11-5-6-21-13(11)8-17-12-7-18-19(9-10(2)3)15(20)14(12)16/h5-7,10,17H,4,8-9H2,1-3H3. The lowest BCUT2D eigenvalue weighted by atomic mass is 10.2. The van der Waals surface area contributed by atoms with Crippen molar-refractivity contribution in [3.63, 3.8) is 0 Å². The van der Waals surface area contributed by atoms with Crippen LogP contribution in [0.4, 0.5) is 5.69 Å². The number of hydrogen-bond acceptors (Lipinski definition) is 4. The zero-order valence-corrected chi connectivity index (χ0v) is 14.1. The molecule has 2 aromatic heterocycles. The van der Waals surface area contributed by atoms with Gasteiger partial charge in [0.1, 0.15) is 5.02 Å². The first-order valence-corrected chi connectivity index (χ1v) is 8.33. The molecule has 0 aliphatic heterocycles. The SMILES string of the molecule is CCc1ccsc1CNc1cnn(CC(C)C)c(=O)c1Cl. The first-order valence-electron chi connectivity index (χ1n) is 7.07. The van der Waals surface area contributed by atoms with Gasteiger partial charge in [0.05, 0.1) is 11.9 Å². The molecule has 21 heavy (non-hydrogen) atoms. The first kappa shape index (κ1) is 16.0. The molecule has 0 aliphatic carbocycles. The molecule has 0 spiro atoms. The summed E-state index contributed by atoms with van der Waals surface area (Å²) in [7, 11) is 0. The van der Waals surface area contributed by atoms with Crippen LogP contribution in [-0.2, 0) is 19.5 Å². The molecule has 0 saturated heterocycles. The van der Waals surface area contributed by atoms with E-state index in [1.54, 1.807) is 17.5 Å². The maximum Gasteiger partial charge on any atom is 0.287 e. The molecule has 0 amide bonds. The van der Waals surface area contributed by atoms with E-state index in [-0.39, 0.29) is 10.6 Å². The van der Waals surface area contributed by atoms with Crippen molar-refractivity contribution in [3.05, 3.63) is 43.5 Å². The second kappa shape index (κ2) is 7.09. The molecular weight excluding hydrogens is 306 g/mol. The molecule has 2 heterocycles. The van der Waals surface area contributed by atoms with Gasteiger partial charge in [-0.2, -0.15) is 5.10 Å². The van der Waals surface area contributed by atoms with Crippen LogP contribution in [0.25, 0.3) is 0 Å². The summed E-state index contributed by atoms with van der Waals surface area (Å²) in [5.74, 6) is 0.350. The topological polar surface area (TPSA) is 46.9 Å². The van der Waals surface area contributed by atoms with Crippen LogP contribution in [0.5, 0.6) is 0 Å². The molecule has 0 atom stereocenters. The van der Waals surface area contributed by atoms with Gasteiger partial charge >= 0.3 is 0 Å². The average Bonchev–Trinajstić information content (AvgIpc) is 2.90. The van der Waals surface area contributed by atoms with Crippen molar-refractivity contribution >= 4 is 28.6 Å². The van der Waals surface area contributed by atoms with Crippen molar-refractivity contribution in [3.8, 4) is 0 Å². The Morgan fingerprint density at radius 2 is 2.24 bits per heavy atom. The number of rotatable bonds is 6. The minimum absolute atomic E-state index is 0.209. The zero-order valence-electron chi connectivity index (χ0n) is 12.5. The Hall–Kier alpha value is -1.33. The second-order valence-electron chi connectivity index (χ2n) is 5.33. The number of anilines is 1. The van der Waals surface area contributed by atoms with Gasteiger partial charge in [-0.1, -0.05) is 32.4 Å². The molecule has 0 bridgehead atoms. The second-order valence-corrected chi connectivity index (χ2v) is 6.71. The fourth-order valence-electron chi connectivity index (χ4n) is 2.08. The van der Waals surface area contributed by atoms with E-state index in [2.05, 4.69) is 28.8 Å². The van der Waals surface area contributed by atoms with E-state index in [9.17, 15) is 4.79 Å². The van der Waals surface area contributed by atoms with E-state index in [0.29, 0.717) is 24.7 Å². The van der Waals surface area contributed by atoms with Crippen molar-refractivity contribution in [2.75, 3.05) is 5.32 Å². The minimum Gasteiger partial charge on any atom is -0.377 e. The van der Waals surface area contributed by atoms with E-state index < -0.39 is 0 Å². The molecule has 6 heteroatoms. The van der Waals surface area contributed by atoms with E-state index in [0.717, 1.165) is 6.42 Å². The molecule has 4 nitrogen and oxygen atoms in total. The van der Waals surface area contributed by atoms with E-state index in [1.165, 1.54) is 15.1 Å². The molecular formula is C15H20ClN3OS. The number of nitrogens with zero attached hydrogens (tertiary/aromatic N) is 2. The predicted molar refractivity (Wildman–Crippen MR) is 89.4 cm³/mol. The van der Waals surface area contributed by atoms with Crippen LogP contribution in [0.15, 0.2) is 22.4 Å². The Labute approximate surface area is 133 Å². The molecule has 1 N–H and O–H groups in total. The molecule has 0 aliphatic rings. The lowest BCUT2D eigenvalue weighted by Gasteiger charge is -2.11. The smallest absolute Gasteiger partial charge is 0.287 e. The highest BCUT2D eigenvalue weighted by Gasteiger charge is 2.11. The van der Waals surface area contributed by atoms with Gasteiger partial charge in [0.2, 0.25) is 0 Å². The Bertz CT molecular complexity index is 663. The number of aromatic nitrogens is 2. The van der Waals surface area contributed by atoms with Crippen LogP contribution in [0, 0.1) is 5.92 Å². The van der Waals surface area contributed by atoms with Crippen LogP contribution < -0.4 is 10.9 Å². The summed E-state index contributed by atoms with van der Waals surface area (Å²) in [5, 5.41) is 9.68. The summed E-state index contributed by atoms with van der Waals surface area (Å²) >= 11 is 7.87. The quantitative estimate of drug-likeness (QED) is 0.879. The first-order chi connectivity index (χ1) is 10.0. The van der Waals surface area contributed by atoms with Crippen LogP contribution in [-0.4, -0.2) is 9.78 Å². The monoisotopic (exact) mass is 325 g/mol. The van der Waals surface area contributed by atoms with Crippen LogP contribution in [0.2, 0.25) is 5.02 Å². The van der Waals surface area contributed by atoms with Crippen molar-refractivity contribution in [1.29, 1.82) is 0 Å². The molecule has 0 fully saturated rings. The molecule has 0 radical (unpaired) electrons. The maximum absolute atomic E-state index is 12.1. The third-order valence-electron chi connectivity index (χ3n) is 3.18. The highest BCUT2D eigenvalue weighted by Crippen LogP contribution is 2.21. The summed E-state index contributed by atoms with van der Waals surface area (Å²) in [6.45, 7) is 7.45. The lowest BCUT2D eigenvalue weighted by molar-refractivity contribution is 0.464. The van der Waals surface area contributed by atoms with Gasteiger partial charge in [-0.15, -0.1) is 11.3 Å². The lowest BCUT2D eigenvalue weighted by Crippen LogP contribution is -2.26. The van der Waals surface area contributed by atoms with Crippen molar-refractivity contribution < 1.29 is 0 Å². The zero-order chi connectivity index (χ0) is 15.4. The number of hydrogen-bond donors (Lipinski definition) is 1. The molecule has 114 valence electrons. The summed E-state index contributed by atoms with van der Waals surface area (Å²) in [4.78, 5) is 13.4. The fraction of sp³-hybridized carbons (Fsp3) is 0.467. The van der Waals surface area contributed by atoms with Crippen molar-refractivity contribution in [2.45, 2.75) is 40.3 Å². The number of thiophene rings is 1. The van der Waals surface area contributed by atoms with E-state index >= 15 is 0 Å². The highest BCUT2D eigenvalue weighted by atomic mass is 35.5. The van der Waals surface area contributed by atoms with Crippen molar-refractivity contribution in [1.82, 2.24) is 9.78 Å². The maximum atomic E-state index is 12.1. The normalized spacial score (nSPS) is 11.1. The van der Waals surface area contributed by atoms with Gasteiger partial charge in [0.25, 0.3) is 5.56 Å². The minimum atomic E-state index is -0.239. The Kier molecular flexibility index (Phi) is 5.42. The van der Waals surface area contributed by atoms with Crippen molar-refractivity contribution in [2.24, 2.45) is 5.92 Å². The number of nitrogens with one attached hydrogen (secondary N) is 1. The van der Waals surface area contributed by atoms with Crippen LogP contribution in [0.1, 0.15) is 31.2 Å². The third kappa shape index (κ3) is 3.86. The van der Waals surface area contributed by atoms with E-state index in [4.69, 9.17) is 11.6 Å². The Morgan fingerprint density at radius 3 is 2.90 bits per heavy atom. The predicted octanol–water partition coefficient (Wildman–Crippen LogP) is 3.79. The molecule has 2 rings (SSSR count). The van der Waals surface area contributed by atoms with Crippen LogP contribution >= 0.6 is 22.9 Å². The number of halogens is 1. The van der Waals surface area contributed by atoms with Gasteiger partial charge in [-0.3, -0.25) is 4.79 Å². The molecule has 0 unspecified atom stereocenters. The summed E-state index contributed by atoms with van der Waals surface area (Å²) in [5.41, 5.74) is 1.68. The summed E-state index contributed by atoms with van der Waals surface area (Å²) in [6, 6.07) is 2.13. The van der Waals surface area contributed by atoms with Gasteiger partial charge in [-0.05, 0) is 29.3 Å². The largest absolute Gasteiger partial charge is 0.377 e. The Morgan fingerprint density at radius 1 is 1.48 bits per heavy atom. The molecule has 0 saturated carbocycles. The summed E-state index contributed by atoms with van der Waals surface area (Å²) in [6.07, 6.45) is 2.63. The molecule has 0 aromatic carbocycles. The van der Waals surface area contributed by atoms with Gasteiger partial charge in [-0.25, -0.2) is 4.68 Å². The average molecular weight is 326 g/mol. The third-order valence-corrected chi connectivity index (χ3v) is 4.51. The number of aryl methyl sites for hydroxylation is 1. The summed E-state index contributed by atoms with van der Waals surface area (Å²) < 4.78 is 1.42.